The van der Waals surface area contributed by atoms with E-state index in [-0.39, 0.29) is 6.04 Å². The maximum atomic E-state index is 13.3. The van der Waals surface area contributed by atoms with Crippen molar-refractivity contribution in [1.82, 2.24) is 10.3 Å². The zero-order valence-corrected chi connectivity index (χ0v) is 11.0. The molecule has 1 aromatic heterocycles. The topological polar surface area (TPSA) is 24.9 Å². The number of pyridine rings is 1. The summed E-state index contributed by atoms with van der Waals surface area (Å²) in [6, 6.07) is 4.19. The molecule has 1 fully saturated rings. The zero-order chi connectivity index (χ0) is 13.4. The molecule has 1 atom stereocenters. The number of hydrogen-bond donors (Lipinski definition) is 1. The van der Waals surface area contributed by atoms with Gasteiger partial charge in [0.25, 0.3) is 0 Å². The van der Waals surface area contributed by atoms with Gasteiger partial charge in [-0.1, -0.05) is 18.0 Å². The summed E-state index contributed by atoms with van der Waals surface area (Å²) in [7, 11) is 0. The van der Waals surface area contributed by atoms with E-state index in [0.717, 1.165) is 37.4 Å². The fourth-order valence-electron chi connectivity index (χ4n) is 2.52. The lowest BCUT2D eigenvalue weighted by Gasteiger charge is -2.24. The van der Waals surface area contributed by atoms with Crippen molar-refractivity contribution >= 4 is 22.5 Å². The SMILES string of the molecule is Fc1cc2cc([C@H]3CCCCN3)c(Cl)nc2cc1F. The molecule has 0 amide bonds. The van der Waals surface area contributed by atoms with Gasteiger partial charge in [-0.3, -0.25) is 0 Å². The summed E-state index contributed by atoms with van der Waals surface area (Å²) in [4.78, 5) is 4.17. The molecule has 0 radical (unpaired) electrons. The van der Waals surface area contributed by atoms with Crippen LogP contribution < -0.4 is 5.32 Å². The van der Waals surface area contributed by atoms with Gasteiger partial charge in [-0.05, 0) is 31.5 Å². The molecule has 1 N–H and O–H groups in total. The summed E-state index contributed by atoms with van der Waals surface area (Å²) in [5, 5.41) is 4.31. The maximum Gasteiger partial charge on any atom is 0.161 e. The van der Waals surface area contributed by atoms with E-state index in [1.165, 1.54) is 6.07 Å². The van der Waals surface area contributed by atoms with Crippen LogP contribution in [-0.4, -0.2) is 11.5 Å². The van der Waals surface area contributed by atoms with Crippen LogP contribution in [0.25, 0.3) is 10.9 Å². The van der Waals surface area contributed by atoms with Crippen molar-refractivity contribution in [3.63, 3.8) is 0 Å². The number of halogens is 3. The molecule has 2 nitrogen and oxygen atoms in total. The molecular formula is C14H13ClF2N2. The van der Waals surface area contributed by atoms with Crippen molar-refractivity contribution in [1.29, 1.82) is 0 Å². The first kappa shape index (κ1) is 12.8. The highest BCUT2D eigenvalue weighted by Gasteiger charge is 2.19. The smallest absolute Gasteiger partial charge is 0.161 e. The highest BCUT2D eigenvalue weighted by molar-refractivity contribution is 6.30. The molecule has 19 heavy (non-hydrogen) atoms. The molecule has 1 aliphatic heterocycles. The second-order valence-corrected chi connectivity index (χ2v) is 5.19. The number of nitrogens with zero attached hydrogens (tertiary/aromatic N) is 1. The van der Waals surface area contributed by atoms with Crippen LogP contribution in [0.1, 0.15) is 30.9 Å². The largest absolute Gasteiger partial charge is 0.310 e. The van der Waals surface area contributed by atoms with E-state index in [9.17, 15) is 8.78 Å². The van der Waals surface area contributed by atoms with Gasteiger partial charge in [0.1, 0.15) is 5.15 Å². The standard InChI is InChI=1S/C14H13ClF2N2/c15-14-9(12-3-1-2-4-18-12)5-8-6-10(16)11(17)7-13(8)19-14/h5-7,12,18H,1-4H2/t12-/m1/s1. The number of fused-ring (bicyclic) bond motifs is 1. The monoisotopic (exact) mass is 282 g/mol. The lowest BCUT2D eigenvalue weighted by atomic mass is 9.97. The summed E-state index contributed by atoms with van der Waals surface area (Å²) in [6.07, 6.45) is 3.26. The molecule has 1 aliphatic rings. The van der Waals surface area contributed by atoms with Gasteiger partial charge in [-0.25, -0.2) is 13.8 Å². The molecular weight excluding hydrogens is 270 g/mol. The Morgan fingerprint density at radius 2 is 1.95 bits per heavy atom. The number of benzene rings is 1. The van der Waals surface area contributed by atoms with Crippen LogP contribution in [0.15, 0.2) is 18.2 Å². The van der Waals surface area contributed by atoms with Crippen molar-refractivity contribution < 1.29 is 8.78 Å². The lowest BCUT2D eigenvalue weighted by molar-refractivity contribution is 0.412. The van der Waals surface area contributed by atoms with Crippen LogP contribution in [0.4, 0.5) is 8.78 Å². The summed E-state index contributed by atoms with van der Waals surface area (Å²) >= 11 is 6.16. The van der Waals surface area contributed by atoms with Gasteiger partial charge in [-0.2, -0.15) is 0 Å². The average molecular weight is 283 g/mol. The van der Waals surface area contributed by atoms with E-state index in [1.807, 2.05) is 0 Å². The highest BCUT2D eigenvalue weighted by atomic mass is 35.5. The maximum absolute atomic E-state index is 13.3. The molecule has 1 saturated heterocycles. The fraction of sp³-hybridized carbons (Fsp3) is 0.357. The van der Waals surface area contributed by atoms with Crippen molar-refractivity contribution in [2.75, 3.05) is 6.54 Å². The van der Waals surface area contributed by atoms with Crippen molar-refractivity contribution in [3.05, 3.63) is 40.6 Å². The van der Waals surface area contributed by atoms with Crippen LogP contribution in [0.5, 0.6) is 0 Å². The predicted octanol–water partition coefficient (Wildman–Crippen LogP) is 3.98. The second kappa shape index (κ2) is 5.02. The number of nitrogens with one attached hydrogen (secondary N) is 1. The van der Waals surface area contributed by atoms with Crippen LogP contribution in [-0.2, 0) is 0 Å². The first-order chi connectivity index (χ1) is 9.15. The Morgan fingerprint density at radius 3 is 2.68 bits per heavy atom. The van der Waals surface area contributed by atoms with Gasteiger partial charge >= 0.3 is 0 Å². The number of rotatable bonds is 1. The molecule has 100 valence electrons. The third-order valence-electron chi connectivity index (χ3n) is 3.52. The molecule has 0 saturated carbocycles. The van der Waals surface area contributed by atoms with E-state index in [2.05, 4.69) is 10.3 Å². The van der Waals surface area contributed by atoms with E-state index in [0.29, 0.717) is 16.1 Å². The zero-order valence-electron chi connectivity index (χ0n) is 10.2. The first-order valence-electron chi connectivity index (χ1n) is 6.34. The summed E-state index contributed by atoms with van der Waals surface area (Å²) in [6.45, 7) is 0.941. The molecule has 0 unspecified atom stereocenters. The third kappa shape index (κ3) is 2.42. The Kier molecular flexibility index (Phi) is 3.37. The quantitative estimate of drug-likeness (QED) is 0.800. The van der Waals surface area contributed by atoms with Gasteiger partial charge in [0, 0.05) is 23.1 Å². The van der Waals surface area contributed by atoms with Crippen molar-refractivity contribution in [2.24, 2.45) is 0 Å². The Labute approximate surface area is 114 Å². The van der Waals surface area contributed by atoms with Gasteiger partial charge in [0.2, 0.25) is 0 Å². The van der Waals surface area contributed by atoms with Crippen molar-refractivity contribution in [3.8, 4) is 0 Å². The van der Waals surface area contributed by atoms with Crippen molar-refractivity contribution in [2.45, 2.75) is 25.3 Å². The van der Waals surface area contributed by atoms with E-state index in [1.54, 1.807) is 6.07 Å². The second-order valence-electron chi connectivity index (χ2n) is 4.83. The number of hydrogen-bond acceptors (Lipinski definition) is 2. The highest BCUT2D eigenvalue weighted by Crippen LogP contribution is 2.31. The molecule has 1 aromatic carbocycles. The Morgan fingerprint density at radius 1 is 1.16 bits per heavy atom. The van der Waals surface area contributed by atoms with E-state index >= 15 is 0 Å². The molecule has 0 aliphatic carbocycles. The minimum absolute atomic E-state index is 0.145. The normalized spacial score (nSPS) is 19.8. The summed E-state index contributed by atoms with van der Waals surface area (Å²) in [5.74, 6) is -1.77. The minimum atomic E-state index is -0.903. The Hall–Kier alpha value is -1.26. The van der Waals surface area contributed by atoms with Gasteiger partial charge in [-0.15, -0.1) is 0 Å². The van der Waals surface area contributed by atoms with Gasteiger partial charge < -0.3 is 5.32 Å². The Bertz CT molecular complexity index is 624. The fourth-order valence-corrected chi connectivity index (χ4v) is 2.80. The van der Waals surface area contributed by atoms with Crippen LogP contribution in [0, 0.1) is 11.6 Å². The van der Waals surface area contributed by atoms with E-state index in [4.69, 9.17) is 11.6 Å². The third-order valence-corrected chi connectivity index (χ3v) is 3.83. The van der Waals surface area contributed by atoms with E-state index < -0.39 is 11.6 Å². The molecule has 5 heteroatoms. The summed E-state index contributed by atoms with van der Waals surface area (Å²) < 4.78 is 26.4. The molecule has 2 aromatic rings. The summed E-state index contributed by atoms with van der Waals surface area (Å²) in [5.41, 5.74) is 1.24. The Balaban J connectivity index is 2.10. The first-order valence-corrected chi connectivity index (χ1v) is 6.71. The molecule has 2 heterocycles. The number of piperidine rings is 1. The predicted molar refractivity (Wildman–Crippen MR) is 71.3 cm³/mol. The average Bonchev–Trinajstić information content (AvgIpc) is 2.41. The van der Waals surface area contributed by atoms with Crippen LogP contribution in [0.3, 0.4) is 0 Å². The lowest BCUT2D eigenvalue weighted by Crippen LogP contribution is -2.27. The molecule has 0 bridgehead atoms. The molecule has 3 rings (SSSR count). The molecule has 0 spiro atoms. The van der Waals surface area contributed by atoms with Gasteiger partial charge in [0.05, 0.1) is 5.52 Å². The van der Waals surface area contributed by atoms with Crippen LogP contribution in [0.2, 0.25) is 5.15 Å². The number of aromatic nitrogens is 1. The van der Waals surface area contributed by atoms with Crippen LogP contribution >= 0.6 is 11.6 Å². The van der Waals surface area contributed by atoms with Gasteiger partial charge in [0.15, 0.2) is 11.6 Å². The minimum Gasteiger partial charge on any atom is -0.310 e.